The number of amides is 1. The molecule has 17 heavy (non-hydrogen) atoms. The zero-order chi connectivity index (χ0) is 13.4. The third kappa shape index (κ3) is 5.78. The Balaban J connectivity index is 4.12. The van der Waals surface area contributed by atoms with E-state index in [2.05, 4.69) is 5.32 Å². The summed E-state index contributed by atoms with van der Waals surface area (Å²) in [6, 6.07) is 0. The maximum absolute atomic E-state index is 11.7. The number of aliphatic carboxylic acids is 1. The highest BCUT2D eigenvalue weighted by Crippen LogP contribution is 2.04. The highest BCUT2D eigenvalue weighted by atomic mass is 32.2. The van der Waals surface area contributed by atoms with Crippen molar-refractivity contribution in [2.45, 2.75) is 30.8 Å². The van der Waals surface area contributed by atoms with Gasteiger partial charge in [-0.1, -0.05) is 0 Å². The third-order valence-electron chi connectivity index (χ3n) is 2.24. The molecule has 0 aromatic carbocycles. The summed E-state index contributed by atoms with van der Waals surface area (Å²) in [4.78, 5) is 22.2. The van der Waals surface area contributed by atoms with Crippen molar-refractivity contribution >= 4 is 22.7 Å². The lowest BCUT2D eigenvalue weighted by atomic mass is 10.4. The van der Waals surface area contributed by atoms with Crippen LogP contribution in [0.15, 0.2) is 0 Å². The Morgan fingerprint density at radius 3 is 2.41 bits per heavy atom. The van der Waals surface area contributed by atoms with Crippen LogP contribution >= 0.6 is 0 Å². The number of hydrogen-bond donors (Lipinski definition) is 2. The monoisotopic (exact) mass is 265 g/mol. The summed E-state index contributed by atoms with van der Waals surface area (Å²) in [6.07, 6.45) is 0.663. The molecule has 0 radical (unpaired) electrons. The smallest absolute Gasteiger partial charge is 0.319 e. The largest absolute Gasteiger partial charge is 0.480 e. The van der Waals surface area contributed by atoms with Gasteiger partial charge in [-0.15, -0.1) is 0 Å². The number of methoxy groups -OCH3 is 1. The van der Waals surface area contributed by atoms with Crippen LogP contribution in [-0.4, -0.2) is 52.0 Å². The van der Waals surface area contributed by atoms with Crippen molar-refractivity contribution in [2.24, 2.45) is 0 Å². The first-order valence-electron chi connectivity index (χ1n) is 5.30. The second-order valence-electron chi connectivity index (χ2n) is 3.59. The lowest BCUT2D eigenvalue weighted by Gasteiger charge is -2.14. The Morgan fingerprint density at radius 1 is 1.35 bits per heavy atom. The minimum atomic E-state index is -1.72. The van der Waals surface area contributed by atoms with Gasteiger partial charge in [0.15, 0.2) is 0 Å². The Labute approximate surface area is 103 Å². The van der Waals surface area contributed by atoms with Gasteiger partial charge in [-0.2, -0.15) is 0 Å². The molecule has 0 heterocycles. The summed E-state index contributed by atoms with van der Waals surface area (Å²) < 4.78 is 16.5. The van der Waals surface area contributed by atoms with Crippen molar-refractivity contribution < 1.29 is 23.6 Å². The third-order valence-corrected chi connectivity index (χ3v) is 4.05. The zero-order valence-electron chi connectivity index (χ0n) is 10.3. The summed E-state index contributed by atoms with van der Waals surface area (Å²) >= 11 is 0. The minimum Gasteiger partial charge on any atom is -0.480 e. The number of nitrogens with one attached hydrogen (secondary N) is 1. The van der Waals surface area contributed by atoms with Crippen molar-refractivity contribution in [2.75, 3.05) is 20.3 Å². The van der Waals surface area contributed by atoms with Crippen LogP contribution in [-0.2, 0) is 25.1 Å². The fourth-order valence-electron chi connectivity index (χ4n) is 1.08. The first-order chi connectivity index (χ1) is 7.91. The van der Waals surface area contributed by atoms with Crippen LogP contribution in [0.3, 0.4) is 0 Å². The van der Waals surface area contributed by atoms with Crippen molar-refractivity contribution in [3.63, 3.8) is 0 Å². The second kappa shape index (κ2) is 8.19. The molecule has 1 amide bonds. The highest BCUT2D eigenvalue weighted by Gasteiger charge is 2.28. The predicted octanol–water partition coefficient (Wildman–Crippen LogP) is -0.251. The molecular formula is C10H19NO5S. The summed E-state index contributed by atoms with van der Waals surface area (Å²) in [5.74, 6) is -1.56. The number of hydrogen-bond acceptors (Lipinski definition) is 4. The van der Waals surface area contributed by atoms with Crippen molar-refractivity contribution in [1.29, 1.82) is 0 Å². The molecule has 0 spiro atoms. The molecular weight excluding hydrogens is 246 g/mol. The average molecular weight is 265 g/mol. The van der Waals surface area contributed by atoms with Crippen LogP contribution in [0.1, 0.15) is 20.3 Å². The van der Waals surface area contributed by atoms with Crippen LogP contribution in [0.25, 0.3) is 0 Å². The molecule has 0 bridgehead atoms. The fraction of sp³-hybridized carbons (Fsp3) is 0.800. The van der Waals surface area contributed by atoms with E-state index in [1.165, 1.54) is 13.8 Å². The number of rotatable bonds is 8. The molecule has 0 aliphatic rings. The lowest BCUT2D eigenvalue weighted by molar-refractivity contribution is -0.136. The van der Waals surface area contributed by atoms with Gasteiger partial charge in [-0.05, 0) is 20.3 Å². The summed E-state index contributed by atoms with van der Waals surface area (Å²) in [6.45, 7) is 3.74. The van der Waals surface area contributed by atoms with E-state index < -0.39 is 33.2 Å². The average Bonchev–Trinajstić information content (AvgIpc) is 2.31. The Kier molecular flexibility index (Phi) is 7.73. The van der Waals surface area contributed by atoms with E-state index in [4.69, 9.17) is 9.84 Å². The molecule has 0 fully saturated rings. The van der Waals surface area contributed by atoms with Gasteiger partial charge in [0.1, 0.15) is 10.5 Å². The van der Waals surface area contributed by atoms with Crippen LogP contribution in [0.5, 0.6) is 0 Å². The van der Waals surface area contributed by atoms with Crippen LogP contribution in [0, 0.1) is 0 Å². The van der Waals surface area contributed by atoms with Gasteiger partial charge in [-0.25, -0.2) is 0 Å². The Bertz CT molecular complexity index is 294. The Morgan fingerprint density at radius 2 is 1.94 bits per heavy atom. The first-order valence-corrected chi connectivity index (χ1v) is 6.58. The number of carbonyl (C=O) groups excluding carboxylic acids is 1. The van der Waals surface area contributed by atoms with E-state index in [1.54, 1.807) is 7.11 Å². The van der Waals surface area contributed by atoms with E-state index in [1.807, 2.05) is 0 Å². The van der Waals surface area contributed by atoms with Crippen LogP contribution in [0.2, 0.25) is 0 Å². The van der Waals surface area contributed by atoms with Gasteiger partial charge in [-0.3, -0.25) is 13.8 Å². The second-order valence-corrected chi connectivity index (χ2v) is 5.66. The molecule has 0 aromatic rings. The van der Waals surface area contributed by atoms with E-state index in [0.717, 1.165) is 0 Å². The molecule has 2 N–H and O–H groups in total. The summed E-state index contributed by atoms with van der Waals surface area (Å²) in [5.41, 5.74) is 0. The molecule has 0 aliphatic carbocycles. The number of carbonyl (C=O) groups is 2. The van der Waals surface area contributed by atoms with Gasteiger partial charge >= 0.3 is 5.97 Å². The SMILES string of the molecule is COCCCNC(=O)C(C)S(=O)C(C)C(=O)O. The van der Waals surface area contributed by atoms with Gasteiger partial charge in [0.2, 0.25) is 5.91 Å². The van der Waals surface area contributed by atoms with Crippen LogP contribution < -0.4 is 5.32 Å². The Hall–Kier alpha value is -0.950. The molecule has 100 valence electrons. The highest BCUT2D eigenvalue weighted by molar-refractivity contribution is 7.87. The normalized spacial score (nSPS) is 15.9. The predicted molar refractivity (Wildman–Crippen MR) is 64.2 cm³/mol. The van der Waals surface area contributed by atoms with E-state index in [-0.39, 0.29) is 0 Å². The quantitative estimate of drug-likeness (QED) is 0.590. The van der Waals surface area contributed by atoms with Gasteiger partial charge in [0.25, 0.3) is 0 Å². The summed E-state index contributed by atoms with van der Waals surface area (Å²) in [5, 5.41) is 9.40. The standard InChI is InChI=1S/C10H19NO5S/c1-7(17(15)8(2)10(13)14)9(12)11-5-4-6-16-3/h7-8H,4-6H2,1-3H3,(H,11,12)(H,13,14). The van der Waals surface area contributed by atoms with Crippen LogP contribution in [0.4, 0.5) is 0 Å². The van der Waals surface area contributed by atoms with Gasteiger partial charge in [0, 0.05) is 31.1 Å². The molecule has 0 rings (SSSR count). The molecule has 0 aliphatic heterocycles. The number of ether oxygens (including phenoxy) is 1. The zero-order valence-corrected chi connectivity index (χ0v) is 11.1. The van der Waals surface area contributed by atoms with E-state index >= 15 is 0 Å². The van der Waals surface area contributed by atoms with Crippen molar-refractivity contribution in [3.05, 3.63) is 0 Å². The molecule has 3 unspecified atom stereocenters. The first kappa shape index (κ1) is 16.1. The maximum Gasteiger partial charge on any atom is 0.319 e. The van der Waals surface area contributed by atoms with E-state index in [0.29, 0.717) is 19.6 Å². The topological polar surface area (TPSA) is 92.7 Å². The molecule has 0 aromatic heterocycles. The summed E-state index contributed by atoms with van der Waals surface area (Å²) in [7, 11) is -0.156. The lowest BCUT2D eigenvalue weighted by Crippen LogP contribution is -2.40. The van der Waals surface area contributed by atoms with Crippen molar-refractivity contribution in [3.8, 4) is 0 Å². The molecule has 0 saturated carbocycles. The minimum absolute atomic E-state index is 0.396. The van der Waals surface area contributed by atoms with Crippen molar-refractivity contribution in [1.82, 2.24) is 5.32 Å². The van der Waals surface area contributed by atoms with Gasteiger partial charge in [0.05, 0.1) is 0 Å². The molecule has 0 saturated heterocycles. The number of carboxylic acid groups (broad SMARTS) is 1. The molecule has 3 atom stereocenters. The molecule has 7 heteroatoms. The molecule has 6 nitrogen and oxygen atoms in total. The fourth-order valence-corrected chi connectivity index (χ4v) is 2.19. The van der Waals surface area contributed by atoms with Gasteiger partial charge < -0.3 is 15.2 Å². The maximum atomic E-state index is 11.7. The number of carboxylic acids is 1. The van der Waals surface area contributed by atoms with E-state index in [9.17, 15) is 13.8 Å².